The molecule has 0 fully saturated rings. The summed E-state index contributed by atoms with van der Waals surface area (Å²) in [6.07, 6.45) is 3.10. The lowest BCUT2D eigenvalue weighted by Gasteiger charge is -2.07. The Labute approximate surface area is 125 Å². The molecule has 0 aliphatic heterocycles. The number of rotatable bonds is 3. The van der Waals surface area contributed by atoms with Gasteiger partial charge in [0.05, 0.1) is 0 Å². The van der Waals surface area contributed by atoms with Crippen LogP contribution in [0.3, 0.4) is 0 Å². The molecule has 0 bridgehead atoms. The minimum Gasteiger partial charge on any atom is -0.435 e. The van der Waals surface area contributed by atoms with Gasteiger partial charge in [0.25, 0.3) is 5.88 Å². The average Bonchev–Trinajstić information content (AvgIpc) is 2.49. The van der Waals surface area contributed by atoms with Crippen molar-refractivity contribution in [2.45, 2.75) is 20.4 Å². The molecule has 0 amide bonds. The largest absolute Gasteiger partial charge is 0.435 e. The van der Waals surface area contributed by atoms with Crippen LogP contribution in [-0.2, 0) is 6.54 Å². The number of ether oxygens (including phenoxy) is 1. The van der Waals surface area contributed by atoms with Crippen molar-refractivity contribution >= 4 is 11.0 Å². The number of aryl methyl sites for hydroxylation is 2. The monoisotopic (exact) mass is 298 g/mol. The van der Waals surface area contributed by atoms with Gasteiger partial charge in [-0.15, -0.1) is 0 Å². The molecule has 2 heterocycles. The topological polar surface area (TPSA) is 74.3 Å². The molecule has 6 nitrogen and oxygen atoms in total. The quantitative estimate of drug-likeness (QED) is 0.694. The average molecular weight is 298 g/mol. The maximum Gasteiger partial charge on any atom is 0.336 e. The van der Waals surface area contributed by atoms with Gasteiger partial charge in [0, 0.05) is 36.5 Å². The lowest BCUT2D eigenvalue weighted by Crippen LogP contribution is -2.20. The molecule has 3 rings (SSSR count). The van der Waals surface area contributed by atoms with Crippen LogP contribution in [0.15, 0.2) is 50.7 Å². The SMILES string of the molecule is CCn1ccnc(Oc2ccc3c(C)cc(=O)oc3c2)c1=O. The molecule has 22 heavy (non-hydrogen) atoms. The second-order valence-corrected chi connectivity index (χ2v) is 4.83. The summed E-state index contributed by atoms with van der Waals surface area (Å²) >= 11 is 0. The van der Waals surface area contributed by atoms with Crippen molar-refractivity contribution in [3.05, 3.63) is 63.0 Å². The first-order valence-electron chi connectivity index (χ1n) is 6.86. The smallest absolute Gasteiger partial charge is 0.336 e. The van der Waals surface area contributed by atoms with Crippen LogP contribution in [0.4, 0.5) is 0 Å². The normalized spacial score (nSPS) is 10.8. The summed E-state index contributed by atoms with van der Waals surface area (Å²) in [6, 6.07) is 6.50. The molecule has 0 unspecified atom stereocenters. The first-order chi connectivity index (χ1) is 10.6. The van der Waals surface area contributed by atoms with Gasteiger partial charge in [-0.1, -0.05) is 0 Å². The van der Waals surface area contributed by atoms with Crippen molar-refractivity contribution in [3.63, 3.8) is 0 Å². The third-order valence-electron chi connectivity index (χ3n) is 3.36. The molecule has 1 aromatic carbocycles. The maximum absolute atomic E-state index is 12.1. The predicted molar refractivity (Wildman–Crippen MR) is 81.5 cm³/mol. The van der Waals surface area contributed by atoms with Gasteiger partial charge >= 0.3 is 11.2 Å². The molecule has 0 aliphatic rings. The first kappa shape index (κ1) is 14.1. The third kappa shape index (κ3) is 2.50. The van der Waals surface area contributed by atoms with Crippen molar-refractivity contribution in [1.82, 2.24) is 9.55 Å². The van der Waals surface area contributed by atoms with Crippen molar-refractivity contribution < 1.29 is 9.15 Å². The van der Waals surface area contributed by atoms with Crippen molar-refractivity contribution in [1.29, 1.82) is 0 Å². The van der Waals surface area contributed by atoms with E-state index in [-0.39, 0.29) is 11.4 Å². The number of fused-ring (bicyclic) bond motifs is 1. The minimum absolute atomic E-state index is 0.0151. The summed E-state index contributed by atoms with van der Waals surface area (Å²) < 4.78 is 12.2. The molecule has 0 N–H and O–H groups in total. The molecule has 6 heteroatoms. The van der Waals surface area contributed by atoms with Gasteiger partial charge in [0.1, 0.15) is 11.3 Å². The zero-order chi connectivity index (χ0) is 15.7. The summed E-state index contributed by atoms with van der Waals surface area (Å²) in [5.41, 5.74) is 0.502. The predicted octanol–water partition coefficient (Wildman–Crippen LogP) is 2.47. The summed E-state index contributed by atoms with van der Waals surface area (Å²) in [7, 11) is 0. The van der Waals surface area contributed by atoms with Gasteiger partial charge < -0.3 is 13.7 Å². The Kier molecular flexibility index (Phi) is 3.50. The molecule has 0 saturated carbocycles. The van der Waals surface area contributed by atoms with E-state index in [1.165, 1.54) is 16.8 Å². The van der Waals surface area contributed by atoms with Crippen LogP contribution in [0.1, 0.15) is 12.5 Å². The first-order valence-corrected chi connectivity index (χ1v) is 6.86. The highest BCUT2D eigenvalue weighted by molar-refractivity contribution is 5.81. The van der Waals surface area contributed by atoms with E-state index < -0.39 is 5.63 Å². The molecule has 0 saturated heterocycles. The summed E-state index contributed by atoms with van der Waals surface area (Å²) in [4.78, 5) is 27.5. The Morgan fingerprint density at radius 2 is 2.09 bits per heavy atom. The van der Waals surface area contributed by atoms with E-state index in [0.29, 0.717) is 17.9 Å². The van der Waals surface area contributed by atoms with Gasteiger partial charge in [0.2, 0.25) is 0 Å². The lowest BCUT2D eigenvalue weighted by atomic mass is 10.1. The van der Waals surface area contributed by atoms with Gasteiger partial charge in [-0.3, -0.25) is 4.79 Å². The summed E-state index contributed by atoms with van der Waals surface area (Å²) in [5, 5.41) is 0.818. The Morgan fingerprint density at radius 1 is 1.27 bits per heavy atom. The van der Waals surface area contributed by atoms with E-state index in [4.69, 9.17) is 9.15 Å². The molecular weight excluding hydrogens is 284 g/mol. The highest BCUT2D eigenvalue weighted by Crippen LogP contribution is 2.24. The Morgan fingerprint density at radius 3 is 2.86 bits per heavy atom. The zero-order valence-electron chi connectivity index (χ0n) is 12.2. The minimum atomic E-state index is -0.423. The van der Waals surface area contributed by atoms with E-state index in [1.807, 2.05) is 13.8 Å². The number of hydrogen-bond acceptors (Lipinski definition) is 5. The van der Waals surface area contributed by atoms with Crippen LogP contribution >= 0.6 is 0 Å². The molecule has 0 spiro atoms. The molecule has 3 aromatic rings. The van der Waals surface area contributed by atoms with E-state index in [1.54, 1.807) is 24.4 Å². The van der Waals surface area contributed by atoms with Crippen molar-refractivity contribution in [2.75, 3.05) is 0 Å². The van der Waals surface area contributed by atoms with Gasteiger partial charge in [-0.05, 0) is 31.5 Å². The Hall–Kier alpha value is -2.89. The van der Waals surface area contributed by atoms with E-state index in [9.17, 15) is 9.59 Å². The number of benzene rings is 1. The standard InChI is InChI=1S/C16H14N2O4/c1-3-18-7-6-17-15(16(18)20)21-11-4-5-12-10(2)8-14(19)22-13(12)9-11/h4-9H,3H2,1-2H3. The highest BCUT2D eigenvalue weighted by Gasteiger charge is 2.09. The van der Waals surface area contributed by atoms with Crippen LogP contribution in [0.2, 0.25) is 0 Å². The molecule has 2 aromatic heterocycles. The molecule has 0 atom stereocenters. The van der Waals surface area contributed by atoms with Gasteiger partial charge in [-0.25, -0.2) is 9.78 Å². The Bertz CT molecular complexity index is 956. The third-order valence-corrected chi connectivity index (χ3v) is 3.36. The number of hydrogen-bond donors (Lipinski definition) is 0. The zero-order valence-corrected chi connectivity index (χ0v) is 12.2. The van der Waals surface area contributed by atoms with Gasteiger partial charge in [0.15, 0.2) is 0 Å². The Balaban J connectivity index is 2.05. The van der Waals surface area contributed by atoms with E-state index in [2.05, 4.69) is 4.98 Å². The second kappa shape index (κ2) is 5.48. The fraction of sp³-hybridized carbons (Fsp3) is 0.188. The van der Waals surface area contributed by atoms with E-state index >= 15 is 0 Å². The second-order valence-electron chi connectivity index (χ2n) is 4.83. The number of aromatic nitrogens is 2. The summed E-state index contributed by atoms with van der Waals surface area (Å²) in [6.45, 7) is 4.22. The molecule has 0 radical (unpaired) electrons. The van der Waals surface area contributed by atoms with Crippen LogP contribution in [0.25, 0.3) is 11.0 Å². The fourth-order valence-electron chi connectivity index (χ4n) is 2.23. The molecular formula is C16H14N2O4. The van der Waals surface area contributed by atoms with E-state index in [0.717, 1.165) is 10.9 Å². The molecule has 0 aliphatic carbocycles. The van der Waals surface area contributed by atoms with Crippen LogP contribution in [-0.4, -0.2) is 9.55 Å². The lowest BCUT2D eigenvalue weighted by molar-refractivity contribution is 0.444. The van der Waals surface area contributed by atoms with Crippen molar-refractivity contribution in [3.8, 4) is 11.6 Å². The maximum atomic E-state index is 12.1. The van der Waals surface area contributed by atoms with Crippen LogP contribution < -0.4 is 15.9 Å². The van der Waals surface area contributed by atoms with Crippen LogP contribution in [0.5, 0.6) is 11.6 Å². The molecule has 112 valence electrons. The summed E-state index contributed by atoms with van der Waals surface area (Å²) in [5.74, 6) is 0.374. The fourth-order valence-corrected chi connectivity index (χ4v) is 2.23. The van der Waals surface area contributed by atoms with Gasteiger partial charge in [-0.2, -0.15) is 0 Å². The van der Waals surface area contributed by atoms with Crippen LogP contribution in [0, 0.1) is 6.92 Å². The highest BCUT2D eigenvalue weighted by atomic mass is 16.5. The van der Waals surface area contributed by atoms with Crippen molar-refractivity contribution in [2.24, 2.45) is 0 Å². The number of nitrogens with zero attached hydrogens (tertiary/aromatic N) is 2.